The lowest BCUT2D eigenvalue weighted by molar-refractivity contribution is -0.127. The molecule has 0 aromatic carbocycles. The minimum atomic E-state index is -0.204. The molecule has 1 saturated heterocycles. The van der Waals surface area contributed by atoms with Gasteiger partial charge in [-0.25, -0.2) is 0 Å². The van der Waals surface area contributed by atoms with E-state index < -0.39 is 0 Å². The highest BCUT2D eigenvalue weighted by Gasteiger charge is 2.22. The van der Waals surface area contributed by atoms with Crippen molar-refractivity contribution < 1.29 is 4.79 Å². The van der Waals surface area contributed by atoms with Crippen molar-refractivity contribution in [3.8, 4) is 12.3 Å². The van der Waals surface area contributed by atoms with Crippen LogP contribution in [0.2, 0.25) is 0 Å². The van der Waals surface area contributed by atoms with Crippen molar-refractivity contribution >= 4 is 5.91 Å². The van der Waals surface area contributed by atoms with E-state index in [2.05, 4.69) is 17.7 Å². The summed E-state index contributed by atoms with van der Waals surface area (Å²) in [5.74, 6) is 1.93. The average Bonchev–Trinajstić information content (AvgIpc) is 2.27. The van der Waals surface area contributed by atoms with E-state index >= 15 is 0 Å². The van der Waals surface area contributed by atoms with Crippen molar-refractivity contribution in [3.63, 3.8) is 0 Å². The second-order valence-electron chi connectivity index (χ2n) is 3.56. The summed E-state index contributed by atoms with van der Waals surface area (Å²) >= 11 is 0. The fourth-order valence-corrected chi connectivity index (χ4v) is 1.61. The van der Waals surface area contributed by atoms with Crippen molar-refractivity contribution in [1.29, 1.82) is 0 Å². The molecule has 1 heterocycles. The summed E-state index contributed by atoms with van der Waals surface area (Å²) < 4.78 is 0. The van der Waals surface area contributed by atoms with Gasteiger partial charge < -0.3 is 10.6 Å². The van der Waals surface area contributed by atoms with Crippen molar-refractivity contribution in [2.75, 3.05) is 32.7 Å². The zero-order chi connectivity index (χ0) is 10.6. The number of piperazine rings is 1. The molecule has 0 radical (unpaired) electrons. The van der Waals surface area contributed by atoms with Crippen LogP contribution in [-0.4, -0.2) is 54.5 Å². The third-order valence-electron chi connectivity index (χ3n) is 2.69. The number of terminal acetylenes is 1. The monoisotopic (exact) mass is 195 g/mol. The number of carbonyl (C=O) groups excluding carboxylic acids is 1. The van der Waals surface area contributed by atoms with E-state index in [0.717, 1.165) is 13.1 Å². The van der Waals surface area contributed by atoms with Gasteiger partial charge in [0.1, 0.15) is 0 Å². The first-order chi connectivity index (χ1) is 6.69. The number of nitrogens with two attached hydrogens (primary N) is 1. The first kappa shape index (κ1) is 11.0. The zero-order valence-corrected chi connectivity index (χ0v) is 8.57. The Balaban J connectivity index is 2.39. The second-order valence-corrected chi connectivity index (χ2v) is 3.56. The molecule has 1 unspecified atom stereocenters. The van der Waals surface area contributed by atoms with Gasteiger partial charge in [0.2, 0.25) is 0 Å². The molecule has 1 amide bonds. The van der Waals surface area contributed by atoms with Crippen LogP contribution in [0.5, 0.6) is 0 Å². The van der Waals surface area contributed by atoms with Crippen LogP contribution >= 0.6 is 0 Å². The number of hydrogen-bond donors (Lipinski definition) is 1. The highest BCUT2D eigenvalue weighted by atomic mass is 16.2. The van der Waals surface area contributed by atoms with Gasteiger partial charge in [0.15, 0.2) is 0 Å². The molecule has 1 aliphatic rings. The average molecular weight is 195 g/mol. The Bertz CT molecular complexity index is 238. The van der Waals surface area contributed by atoms with Gasteiger partial charge in [0, 0.05) is 38.8 Å². The molecule has 1 aliphatic heterocycles. The van der Waals surface area contributed by atoms with Crippen LogP contribution < -0.4 is 5.73 Å². The van der Waals surface area contributed by atoms with Gasteiger partial charge in [-0.05, 0) is 12.8 Å². The van der Waals surface area contributed by atoms with Gasteiger partial charge in [-0.1, -0.05) is 0 Å². The lowest BCUT2D eigenvalue weighted by Crippen LogP contribution is -2.52. The lowest BCUT2D eigenvalue weighted by Gasteiger charge is -2.36. The zero-order valence-electron chi connectivity index (χ0n) is 8.57. The first-order valence-corrected chi connectivity index (χ1v) is 4.88. The van der Waals surface area contributed by atoms with E-state index in [1.54, 1.807) is 4.90 Å². The Hall–Kier alpha value is -1.05. The quantitative estimate of drug-likeness (QED) is 0.582. The molecular formula is C10H17N3O. The molecule has 1 fully saturated rings. The number of nitrogens with zero attached hydrogens (tertiary/aromatic N) is 2. The van der Waals surface area contributed by atoms with Crippen LogP contribution in [0.1, 0.15) is 6.92 Å². The van der Waals surface area contributed by atoms with Gasteiger partial charge >= 0.3 is 0 Å². The third-order valence-corrected chi connectivity index (χ3v) is 2.69. The number of amides is 1. The van der Waals surface area contributed by atoms with Gasteiger partial charge in [0.25, 0.3) is 5.91 Å². The van der Waals surface area contributed by atoms with E-state index in [1.807, 2.05) is 0 Å². The van der Waals surface area contributed by atoms with Crippen LogP contribution in [0.15, 0.2) is 0 Å². The van der Waals surface area contributed by atoms with Gasteiger partial charge in [-0.3, -0.25) is 9.69 Å². The van der Waals surface area contributed by atoms with Crippen LogP contribution in [0, 0.1) is 12.3 Å². The third kappa shape index (κ3) is 2.47. The normalized spacial score (nSPS) is 20.2. The number of hydrogen-bond acceptors (Lipinski definition) is 3. The van der Waals surface area contributed by atoms with Crippen molar-refractivity contribution in [1.82, 2.24) is 9.80 Å². The molecule has 0 saturated carbocycles. The van der Waals surface area contributed by atoms with E-state index in [1.165, 1.54) is 0 Å². The number of rotatable bonds is 2. The summed E-state index contributed by atoms with van der Waals surface area (Å²) in [4.78, 5) is 15.1. The SMILES string of the molecule is C#CC(=O)N1CCN(C(C)CN)CC1. The molecule has 4 nitrogen and oxygen atoms in total. The standard InChI is InChI=1S/C10H17N3O/c1-3-10(14)13-6-4-12(5-7-13)9(2)8-11/h1,9H,4-8,11H2,2H3. The fraction of sp³-hybridized carbons (Fsp3) is 0.700. The summed E-state index contributed by atoms with van der Waals surface area (Å²) in [6.07, 6.45) is 5.05. The molecule has 0 aromatic rings. The van der Waals surface area contributed by atoms with Crippen LogP contribution in [-0.2, 0) is 4.79 Å². The Morgan fingerprint density at radius 3 is 2.50 bits per heavy atom. The molecule has 0 aliphatic carbocycles. The van der Waals surface area contributed by atoms with Crippen LogP contribution in [0.3, 0.4) is 0 Å². The Labute approximate surface area is 85.0 Å². The molecule has 0 bridgehead atoms. The summed E-state index contributed by atoms with van der Waals surface area (Å²) in [7, 11) is 0. The Morgan fingerprint density at radius 2 is 2.07 bits per heavy atom. The highest BCUT2D eigenvalue weighted by Crippen LogP contribution is 2.05. The molecule has 78 valence electrons. The maximum Gasteiger partial charge on any atom is 0.298 e. The predicted molar refractivity (Wildman–Crippen MR) is 55.5 cm³/mol. The maximum absolute atomic E-state index is 11.2. The van der Waals surface area contributed by atoms with Crippen molar-refractivity contribution in [2.45, 2.75) is 13.0 Å². The summed E-state index contributed by atoms with van der Waals surface area (Å²) in [5.41, 5.74) is 5.57. The topological polar surface area (TPSA) is 49.6 Å². The molecule has 2 N–H and O–H groups in total. The molecule has 14 heavy (non-hydrogen) atoms. The molecule has 1 atom stereocenters. The maximum atomic E-state index is 11.2. The minimum Gasteiger partial charge on any atom is -0.329 e. The predicted octanol–water partition coefficient (Wildman–Crippen LogP) is -0.889. The summed E-state index contributed by atoms with van der Waals surface area (Å²) in [5, 5.41) is 0. The smallest absolute Gasteiger partial charge is 0.298 e. The molecule has 4 heteroatoms. The van der Waals surface area contributed by atoms with Crippen LogP contribution in [0.25, 0.3) is 0 Å². The lowest BCUT2D eigenvalue weighted by atomic mass is 10.2. The highest BCUT2D eigenvalue weighted by molar-refractivity contribution is 5.92. The van der Waals surface area contributed by atoms with E-state index in [-0.39, 0.29) is 5.91 Å². The number of carbonyl (C=O) groups is 1. The molecule has 0 aromatic heterocycles. The first-order valence-electron chi connectivity index (χ1n) is 4.88. The van der Waals surface area contributed by atoms with Crippen molar-refractivity contribution in [3.05, 3.63) is 0 Å². The van der Waals surface area contributed by atoms with Gasteiger partial charge in [-0.15, -0.1) is 6.42 Å². The second kappa shape index (κ2) is 4.99. The van der Waals surface area contributed by atoms with Gasteiger partial charge in [0.05, 0.1) is 0 Å². The molecule has 0 spiro atoms. The van der Waals surface area contributed by atoms with E-state index in [4.69, 9.17) is 12.2 Å². The minimum absolute atomic E-state index is 0.204. The summed E-state index contributed by atoms with van der Waals surface area (Å²) in [6.45, 7) is 5.92. The Morgan fingerprint density at radius 1 is 1.50 bits per heavy atom. The van der Waals surface area contributed by atoms with E-state index in [0.29, 0.717) is 25.7 Å². The molecule has 1 rings (SSSR count). The van der Waals surface area contributed by atoms with E-state index in [9.17, 15) is 4.79 Å². The largest absolute Gasteiger partial charge is 0.329 e. The Kier molecular flexibility index (Phi) is 3.93. The fourth-order valence-electron chi connectivity index (χ4n) is 1.61. The summed E-state index contributed by atoms with van der Waals surface area (Å²) in [6, 6.07) is 0.387. The molecular weight excluding hydrogens is 178 g/mol. The van der Waals surface area contributed by atoms with Crippen molar-refractivity contribution in [2.24, 2.45) is 5.73 Å². The van der Waals surface area contributed by atoms with Gasteiger partial charge in [-0.2, -0.15) is 0 Å². The van der Waals surface area contributed by atoms with Crippen LogP contribution in [0.4, 0.5) is 0 Å².